The number of hydrogen-bond donors (Lipinski definition) is 0. The van der Waals surface area contributed by atoms with Crippen LogP contribution in [0.2, 0.25) is 0 Å². The molecule has 14 heavy (non-hydrogen) atoms. The van der Waals surface area contributed by atoms with Crippen LogP contribution in [0.3, 0.4) is 0 Å². The SMILES string of the molecule is O=[N+]([O-])c1cccnc1OC1CCC1. The van der Waals surface area contributed by atoms with Gasteiger partial charge in [-0.15, -0.1) is 0 Å². The summed E-state index contributed by atoms with van der Waals surface area (Å²) in [7, 11) is 0. The lowest BCUT2D eigenvalue weighted by Crippen LogP contribution is -2.25. The minimum atomic E-state index is -0.471. The van der Waals surface area contributed by atoms with Gasteiger partial charge in [-0.1, -0.05) is 0 Å². The highest BCUT2D eigenvalue weighted by Gasteiger charge is 2.24. The van der Waals surface area contributed by atoms with Crippen molar-refractivity contribution in [3.05, 3.63) is 28.4 Å². The zero-order chi connectivity index (χ0) is 9.97. The summed E-state index contributed by atoms with van der Waals surface area (Å²) in [6.07, 6.45) is 4.68. The van der Waals surface area contributed by atoms with Gasteiger partial charge in [0.2, 0.25) is 0 Å². The van der Waals surface area contributed by atoms with Gasteiger partial charge < -0.3 is 4.74 Å². The van der Waals surface area contributed by atoms with E-state index in [0.717, 1.165) is 19.3 Å². The minimum Gasteiger partial charge on any atom is -0.469 e. The average Bonchev–Trinajstić information content (AvgIpc) is 2.12. The van der Waals surface area contributed by atoms with E-state index in [9.17, 15) is 10.1 Å². The second-order valence-corrected chi connectivity index (χ2v) is 3.26. The Morgan fingerprint density at radius 3 is 2.93 bits per heavy atom. The zero-order valence-electron chi connectivity index (χ0n) is 7.55. The maximum Gasteiger partial charge on any atom is 0.330 e. The molecule has 1 aliphatic carbocycles. The van der Waals surface area contributed by atoms with Gasteiger partial charge in [0.15, 0.2) is 0 Å². The van der Waals surface area contributed by atoms with E-state index in [1.165, 1.54) is 18.3 Å². The molecular formula is C9H10N2O3. The largest absolute Gasteiger partial charge is 0.469 e. The van der Waals surface area contributed by atoms with Crippen molar-refractivity contribution in [2.75, 3.05) is 0 Å². The van der Waals surface area contributed by atoms with Crippen molar-refractivity contribution >= 4 is 5.69 Å². The molecule has 1 fully saturated rings. The fourth-order valence-corrected chi connectivity index (χ4v) is 1.26. The van der Waals surface area contributed by atoms with Crippen molar-refractivity contribution in [2.45, 2.75) is 25.4 Å². The Labute approximate surface area is 80.9 Å². The number of hydrogen-bond acceptors (Lipinski definition) is 4. The lowest BCUT2D eigenvalue weighted by atomic mass is 9.96. The topological polar surface area (TPSA) is 65.3 Å². The fourth-order valence-electron chi connectivity index (χ4n) is 1.26. The molecule has 0 bridgehead atoms. The number of aromatic nitrogens is 1. The standard InChI is InChI=1S/C9H10N2O3/c12-11(13)8-5-2-6-10-9(8)14-7-3-1-4-7/h2,5-7H,1,3-4H2. The fraction of sp³-hybridized carbons (Fsp3) is 0.444. The molecule has 1 aromatic heterocycles. The van der Waals surface area contributed by atoms with Crippen molar-refractivity contribution in [1.29, 1.82) is 0 Å². The first-order valence-electron chi connectivity index (χ1n) is 4.53. The third-order valence-corrected chi connectivity index (χ3v) is 2.28. The lowest BCUT2D eigenvalue weighted by Gasteiger charge is -2.25. The van der Waals surface area contributed by atoms with Crippen LogP contribution in [0.1, 0.15) is 19.3 Å². The van der Waals surface area contributed by atoms with E-state index >= 15 is 0 Å². The quantitative estimate of drug-likeness (QED) is 0.544. The third kappa shape index (κ3) is 1.66. The molecule has 0 aromatic carbocycles. The zero-order valence-corrected chi connectivity index (χ0v) is 7.55. The molecule has 1 saturated carbocycles. The Morgan fingerprint density at radius 2 is 2.36 bits per heavy atom. The van der Waals surface area contributed by atoms with Gasteiger partial charge in [0.05, 0.1) is 4.92 Å². The van der Waals surface area contributed by atoms with Gasteiger partial charge in [-0.25, -0.2) is 4.98 Å². The van der Waals surface area contributed by atoms with Gasteiger partial charge in [-0.2, -0.15) is 0 Å². The number of ether oxygens (including phenoxy) is 1. The summed E-state index contributed by atoms with van der Waals surface area (Å²) in [6.45, 7) is 0. The first kappa shape index (κ1) is 8.93. The normalized spacial score (nSPS) is 16.0. The van der Waals surface area contributed by atoms with E-state index in [2.05, 4.69) is 4.98 Å². The summed E-state index contributed by atoms with van der Waals surface area (Å²) in [6, 6.07) is 2.94. The molecule has 0 aliphatic heterocycles. The van der Waals surface area contributed by atoms with Gasteiger partial charge in [0.25, 0.3) is 5.88 Å². The van der Waals surface area contributed by atoms with Crippen molar-refractivity contribution < 1.29 is 9.66 Å². The highest BCUT2D eigenvalue weighted by Crippen LogP contribution is 2.29. The van der Waals surface area contributed by atoms with E-state index in [0.29, 0.717) is 0 Å². The van der Waals surface area contributed by atoms with Crippen molar-refractivity contribution in [3.63, 3.8) is 0 Å². The van der Waals surface area contributed by atoms with Crippen molar-refractivity contribution in [1.82, 2.24) is 4.98 Å². The Morgan fingerprint density at radius 1 is 1.57 bits per heavy atom. The van der Waals surface area contributed by atoms with Crippen LogP contribution >= 0.6 is 0 Å². The summed E-state index contributed by atoms with van der Waals surface area (Å²) in [4.78, 5) is 14.0. The molecule has 0 N–H and O–H groups in total. The van der Waals surface area contributed by atoms with E-state index < -0.39 is 4.92 Å². The molecule has 2 rings (SSSR count). The van der Waals surface area contributed by atoms with E-state index in [1.807, 2.05) is 0 Å². The molecule has 1 aliphatic rings. The maximum absolute atomic E-state index is 10.6. The Balaban J connectivity index is 2.17. The van der Waals surface area contributed by atoms with E-state index in [-0.39, 0.29) is 17.7 Å². The molecule has 5 nitrogen and oxygen atoms in total. The summed E-state index contributed by atoms with van der Waals surface area (Å²) in [5.41, 5.74) is -0.0561. The Hall–Kier alpha value is -1.65. The summed E-state index contributed by atoms with van der Waals surface area (Å²) in [5, 5.41) is 10.6. The predicted octanol–water partition coefficient (Wildman–Crippen LogP) is 1.92. The van der Waals surface area contributed by atoms with Crippen molar-refractivity contribution in [2.24, 2.45) is 0 Å². The van der Waals surface area contributed by atoms with Crippen LogP contribution in [0.4, 0.5) is 5.69 Å². The molecule has 0 saturated heterocycles. The number of nitrogens with zero attached hydrogens (tertiary/aromatic N) is 2. The van der Waals surface area contributed by atoms with Gasteiger partial charge in [-0.05, 0) is 25.3 Å². The van der Waals surface area contributed by atoms with Gasteiger partial charge in [-0.3, -0.25) is 10.1 Å². The lowest BCUT2D eigenvalue weighted by molar-refractivity contribution is -0.386. The molecule has 74 valence electrons. The van der Waals surface area contributed by atoms with Crippen molar-refractivity contribution in [3.8, 4) is 5.88 Å². The Bertz CT molecular complexity index is 350. The van der Waals surface area contributed by atoms with Crippen LogP contribution in [0, 0.1) is 10.1 Å². The molecule has 5 heteroatoms. The molecule has 0 amide bonds. The van der Waals surface area contributed by atoms with Crippen LogP contribution in [-0.4, -0.2) is 16.0 Å². The van der Waals surface area contributed by atoms with Crippen LogP contribution in [0.15, 0.2) is 18.3 Å². The van der Waals surface area contributed by atoms with Gasteiger partial charge in [0, 0.05) is 12.3 Å². The first-order chi connectivity index (χ1) is 6.77. The van der Waals surface area contributed by atoms with E-state index in [4.69, 9.17) is 4.74 Å². The van der Waals surface area contributed by atoms with Crippen LogP contribution < -0.4 is 4.74 Å². The Kier molecular flexibility index (Phi) is 2.30. The maximum atomic E-state index is 10.6. The summed E-state index contributed by atoms with van der Waals surface area (Å²) in [5.74, 6) is 0.141. The predicted molar refractivity (Wildman–Crippen MR) is 49.2 cm³/mol. The summed E-state index contributed by atoms with van der Waals surface area (Å²) >= 11 is 0. The average molecular weight is 194 g/mol. The second-order valence-electron chi connectivity index (χ2n) is 3.26. The molecule has 0 spiro atoms. The number of pyridine rings is 1. The first-order valence-corrected chi connectivity index (χ1v) is 4.53. The van der Waals surface area contributed by atoms with Crippen LogP contribution in [0.5, 0.6) is 5.88 Å². The highest BCUT2D eigenvalue weighted by atomic mass is 16.6. The smallest absolute Gasteiger partial charge is 0.330 e. The van der Waals surface area contributed by atoms with Gasteiger partial charge in [0.1, 0.15) is 6.10 Å². The molecule has 1 aromatic rings. The number of nitro groups is 1. The molecule has 0 unspecified atom stereocenters. The second kappa shape index (κ2) is 3.61. The molecule has 0 atom stereocenters. The number of rotatable bonds is 3. The third-order valence-electron chi connectivity index (χ3n) is 2.28. The molecular weight excluding hydrogens is 184 g/mol. The minimum absolute atomic E-state index is 0.0561. The highest BCUT2D eigenvalue weighted by molar-refractivity contribution is 5.39. The molecule has 1 heterocycles. The van der Waals surface area contributed by atoms with Gasteiger partial charge >= 0.3 is 5.69 Å². The van der Waals surface area contributed by atoms with E-state index in [1.54, 1.807) is 0 Å². The van der Waals surface area contributed by atoms with Crippen LogP contribution in [0.25, 0.3) is 0 Å². The summed E-state index contributed by atoms with van der Waals surface area (Å²) < 4.78 is 5.39. The monoisotopic (exact) mass is 194 g/mol. The molecule has 0 radical (unpaired) electrons. The van der Waals surface area contributed by atoms with Crippen LogP contribution in [-0.2, 0) is 0 Å².